The zero-order chi connectivity index (χ0) is 7.86. The summed E-state index contributed by atoms with van der Waals surface area (Å²) in [6.07, 6.45) is 1.81. The first-order chi connectivity index (χ1) is 4.18. The molecule has 0 N–H and O–H groups in total. The Hall–Kier alpha value is -0.590. The third-order valence-electron chi connectivity index (χ3n) is 0.988. The van der Waals surface area contributed by atoms with Crippen molar-refractivity contribution < 1.29 is 4.79 Å². The molecule has 0 aliphatic rings. The molecule has 0 saturated heterocycles. The molecule has 0 fully saturated rings. The summed E-state index contributed by atoms with van der Waals surface area (Å²) < 4.78 is 0. The van der Waals surface area contributed by atoms with Crippen molar-refractivity contribution in [3.63, 3.8) is 0 Å². The minimum atomic E-state index is 0.155. The first kappa shape index (κ1) is 11.2. The van der Waals surface area contributed by atoms with E-state index in [1.807, 2.05) is 33.8 Å². The van der Waals surface area contributed by atoms with Crippen molar-refractivity contribution in [2.24, 2.45) is 0 Å². The van der Waals surface area contributed by atoms with E-state index in [0.29, 0.717) is 0 Å². The molecule has 0 aromatic heterocycles. The fourth-order valence-corrected chi connectivity index (χ4v) is 0.203. The van der Waals surface area contributed by atoms with Gasteiger partial charge in [-0.05, 0) is 26.3 Å². The van der Waals surface area contributed by atoms with Gasteiger partial charge >= 0.3 is 0 Å². The van der Waals surface area contributed by atoms with Crippen LogP contribution in [0.3, 0.4) is 0 Å². The Kier molecular flexibility index (Phi) is 9.25. The van der Waals surface area contributed by atoms with Crippen molar-refractivity contribution in [3.05, 3.63) is 11.6 Å². The molecule has 0 rings (SSSR count). The first-order valence-corrected chi connectivity index (χ1v) is 3.32. The second-order valence-electron chi connectivity index (χ2n) is 1.53. The lowest BCUT2D eigenvalue weighted by Gasteiger charge is -1.85. The lowest BCUT2D eigenvalue weighted by Crippen LogP contribution is -1.88. The summed E-state index contributed by atoms with van der Waals surface area (Å²) in [4.78, 5) is 10.3. The average Bonchev–Trinajstić information content (AvgIpc) is 1.91. The number of ketones is 1. The molecule has 0 spiro atoms. The van der Waals surface area contributed by atoms with Crippen LogP contribution in [0.15, 0.2) is 11.6 Å². The van der Waals surface area contributed by atoms with Gasteiger partial charge in [0.15, 0.2) is 5.78 Å². The largest absolute Gasteiger partial charge is 0.295 e. The quantitative estimate of drug-likeness (QED) is 0.496. The van der Waals surface area contributed by atoms with Gasteiger partial charge < -0.3 is 0 Å². The van der Waals surface area contributed by atoms with Gasteiger partial charge in [-0.15, -0.1) is 0 Å². The van der Waals surface area contributed by atoms with Crippen molar-refractivity contribution in [2.75, 3.05) is 0 Å². The van der Waals surface area contributed by atoms with E-state index in [1.165, 1.54) is 0 Å². The van der Waals surface area contributed by atoms with Crippen molar-refractivity contribution in [2.45, 2.75) is 34.6 Å². The lowest BCUT2D eigenvalue weighted by atomic mass is 10.2. The molecule has 0 aliphatic heterocycles. The number of Topliss-reactive ketones (excluding diaryl/α,β-unsaturated/α-hetero) is 1. The summed E-state index contributed by atoms with van der Waals surface area (Å²) in [5, 5.41) is 0. The number of hydrogen-bond donors (Lipinski definition) is 0. The zero-order valence-corrected chi connectivity index (χ0v) is 6.99. The minimum Gasteiger partial charge on any atom is -0.295 e. The van der Waals surface area contributed by atoms with Crippen LogP contribution in [0.1, 0.15) is 34.6 Å². The highest BCUT2D eigenvalue weighted by atomic mass is 16.1. The van der Waals surface area contributed by atoms with Gasteiger partial charge in [0.1, 0.15) is 0 Å². The van der Waals surface area contributed by atoms with Crippen LogP contribution in [-0.2, 0) is 4.79 Å². The van der Waals surface area contributed by atoms with Crippen molar-refractivity contribution in [1.82, 2.24) is 0 Å². The van der Waals surface area contributed by atoms with Gasteiger partial charge in [-0.3, -0.25) is 4.79 Å². The zero-order valence-electron chi connectivity index (χ0n) is 6.99. The molecule has 9 heavy (non-hydrogen) atoms. The normalized spacial score (nSPS) is 9.67. The summed E-state index contributed by atoms with van der Waals surface area (Å²) in [7, 11) is 0. The number of carbonyl (C=O) groups is 1. The smallest absolute Gasteiger partial charge is 0.155 e. The molecule has 1 heteroatoms. The van der Waals surface area contributed by atoms with Crippen molar-refractivity contribution in [3.8, 4) is 0 Å². The second kappa shape index (κ2) is 7.41. The molecule has 0 radical (unpaired) electrons. The van der Waals surface area contributed by atoms with Gasteiger partial charge in [0.2, 0.25) is 0 Å². The fourth-order valence-electron chi connectivity index (χ4n) is 0.203. The third kappa shape index (κ3) is 7.41. The Morgan fingerprint density at radius 2 is 1.56 bits per heavy atom. The van der Waals surface area contributed by atoms with Gasteiger partial charge in [0, 0.05) is 0 Å². The summed E-state index contributed by atoms with van der Waals surface area (Å²) in [5.74, 6) is 0.155. The molecular weight excluding hydrogens is 112 g/mol. The highest BCUT2D eigenvalue weighted by Crippen LogP contribution is 1.90. The highest BCUT2D eigenvalue weighted by molar-refractivity contribution is 5.92. The number of carbonyl (C=O) groups excluding carboxylic acids is 1. The van der Waals surface area contributed by atoms with Gasteiger partial charge in [-0.1, -0.05) is 19.9 Å². The number of hydrogen-bond acceptors (Lipinski definition) is 1. The maximum atomic E-state index is 10.3. The maximum absolute atomic E-state index is 10.3. The molecule has 0 unspecified atom stereocenters. The molecule has 1 nitrogen and oxygen atoms in total. The van der Waals surface area contributed by atoms with Gasteiger partial charge in [-0.25, -0.2) is 0 Å². The molecule has 0 aromatic rings. The van der Waals surface area contributed by atoms with Crippen LogP contribution in [0, 0.1) is 0 Å². The highest BCUT2D eigenvalue weighted by Gasteiger charge is 1.89. The Bertz CT molecular complexity index is 101. The van der Waals surface area contributed by atoms with E-state index in [2.05, 4.69) is 0 Å². The van der Waals surface area contributed by atoms with E-state index in [1.54, 1.807) is 6.92 Å². The third-order valence-corrected chi connectivity index (χ3v) is 0.988. The van der Waals surface area contributed by atoms with E-state index < -0.39 is 0 Å². The molecule has 0 bridgehead atoms. The van der Waals surface area contributed by atoms with Crippen LogP contribution >= 0.6 is 0 Å². The summed E-state index contributed by atoms with van der Waals surface area (Å²) >= 11 is 0. The van der Waals surface area contributed by atoms with Gasteiger partial charge in [-0.2, -0.15) is 0 Å². The molecule has 0 aromatic carbocycles. The molecule has 0 atom stereocenters. The van der Waals surface area contributed by atoms with E-state index >= 15 is 0 Å². The fraction of sp³-hybridized carbons (Fsp3) is 0.625. The monoisotopic (exact) mass is 128 g/mol. The van der Waals surface area contributed by atoms with E-state index in [0.717, 1.165) is 5.57 Å². The van der Waals surface area contributed by atoms with Crippen LogP contribution in [0.2, 0.25) is 0 Å². The topological polar surface area (TPSA) is 17.1 Å². The summed E-state index contributed by atoms with van der Waals surface area (Å²) in [5.41, 5.74) is 0.833. The summed E-state index contributed by atoms with van der Waals surface area (Å²) in [6, 6.07) is 0. The lowest BCUT2D eigenvalue weighted by molar-refractivity contribution is -0.113. The Balaban J connectivity index is 0. The van der Waals surface area contributed by atoms with Crippen LogP contribution in [0.4, 0.5) is 0 Å². The molecule has 0 saturated carbocycles. The number of allylic oxidation sites excluding steroid dienone is 2. The second-order valence-corrected chi connectivity index (χ2v) is 1.53. The summed E-state index contributed by atoms with van der Waals surface area (Å²) in [6.45, 7) is 9.23. The van der Waals surface area contributed by atoms with Gasteiger partial charge in [0.05, 0.1) is 0 Å². The van der Waals surface area contributed by atoms with Crippen LogP contribution in [0.25, 0.3) is 0 Å². The maximum Gasteiger partial charge on any atom is 0.155 e. The first-order valence-electron chi connectivity index (χ1n) is 3.32. The minimum absolute atomic E-state index is 0.155. The van der Waals surface area contributed by atoms with Crippen LogP contribution in [-0.4, -0.2) is 5.78 Å². The van der Waals surface area contributed by atoms with Crippen LogP contribution < -0.4 is 0 Å². The molecule has 0 amide bonds. The standard InChI is InChI=1S/C6H10O.C2H6/c1-4-5(2)6(3)7;1-2/h4H,1-3H3;1-2H3/b5-4-;. The van der Waals surface area contributed by atoms with E-state index in [-0.39, 0.29) is 5.78 Å². The van der Waals surface area contributed by atoms with E-state index in [4.69, 9.17) is 0 Å². The Morgan fingerprint density at radius 3 is 1.56 bits per heavy atom. The SMILES string of the molecule is C/C=C(/C)C(C)=O.CC. The molecule has 0 aliphatic carbocycles. The Labute approximate surface area is 57.8 Å². The predicted octanol–water partition coefficient (Wildman–Crippen LogP) is 2.57. The van der Waals surface area contributed by atoms with Crippen molar-refractivity contribution in [1.29, 1.82) is 0 Å². The van der Waals surface area contributed by atoms with Gasteiger partial charge in [0.25, 0.3) is 0 Å². The predicted molar refractivity (Wildman–Crippen MR) is 41.5 cm³/mol. The Morgan fingerprint density at radius 1 is 1.22 bits per heavy atom. The van der Waals surface area contributed by atoms with Crippen molar-refractivity contribution >= 4 is 5.78 Å². The molecule has 54 valence electrons. The molecular formula is C8H16O. The molecule has 0 heterocycles. The van der Waals surface area contributed by atoms with E-state index in [9.17, 15) is 4.79 Å². The van der Waals surface area contributed by atoms with Crippen LogP contribution in [0.5, 0.6) is 0 Å². The number of rotatable bonds is 1. The average molecular weight is 128 g/mol.